The number of esters is 1. The van der Waals surface area contributed by atoms with Crippen molar-refractivity contribution in [1.82, 2.24) is 9.78 Å². The van der Waals surface area contributed by atoms with Crippen molar-refractivity contribution in [3.63, 3.8) is 0 Å². The highest BCUT2D eigenvalue weighted by molar-refractivity contribution is 5.71. The maximum Gasteiger partial charge on any atom is 0.311 e. The third kappa shape index (κ3) is 4.63. The molecule has 0 N–H and O–H groups in total. The zero-order valence-corrected chi connectivity index (χ0v) is 12.4. The summed E-state index contributed by atoms with van der Waals surface area (Å²) in [6.45, 7) is 3.16. The average Bonchev–Trinajstić information content (AvgIpc) is 2.95. The molecule has 0 spiro atoms. The number of methoxy groups -OCH3 is 1. The van der Waals surface area contributed by atoms with Crippen LogP contribution in [-0.2, 0) is 28.9 Å². The van der Waals surface area contributed by atoms with E-state index in [4.69, 9.17) is 9.47 Å². The second kappa shape index (κ2) is 7.47. The van der Waals surface area contributed by atoms with Crippen LogP contribution in [0.3, 0.4) is 0 Å². The molecule has 1 aromatic carbocycles. The van der Waals surface area contributed by atoms with Gasteiger partial charge in [-0.05, 0) is 30.7 Å². The fraction of sp³-hybridized carbons (Fsp3) is 0.375. The largest absolute Gasteiger partial charge is 0.497 e. The Balaban J connectivity index is 1.76. The van der Waals surface area contributed by atoms with E-state index in [2.05, 4.69) is 5.10 Å². The number of rotatable bonds is 7. The summed E-state index contributed by atoms with van der Waals surface area (Å²) in [6, 6.07) is 9.58. The number of carbonyl (C=O) groups is 1. The van der Waals surface area contributed by atoms with E-state index in [-0.39, 0.29) is 12.4 Å². The third-order valence-electron chi connectivity index (χ3n) is 3.13. The van der Waals surface area contributed by atoms with E-state index in [1.54, 1.807) is 11.8 Å². The van der Waals surface area contributed by atoms with Crippen LogP contribution in [0, 0.1) is 0 Å². The SMILES string of the molecule is CCn1ccc(CC(=O)OCCc2cccc(OC)c2)n1. The summed E-state index contributed by atoms with van der Waals surface area (Å²) in [5, 5.41) is 4.26. The van der Waals surface area contributed by atoms with E-state index in [0.29, 0.717) is 13.0 Å². The van der Waals surface area contributed by atoms with Gasteiger partial charge >= 0.3 is 5.97 Å². The maximum absolute atomic E-state index is 11.7. The molecule has 0 atom stereocenters. The summed E-state index contributed by atoms with van der Waals surface area (Å²) in [6.07, 6.45) is 2.75. The van der Waals surface area contributed by atoms with Gasteiger partial charge in [-0.25, -0.2) is 0 Å². The van der Waals surface area contributed by atoms with Gasteiger partial charge in [-0.15, -0.1) is 0 Å². The number of aromatic nitrogens is 2. The van der Waals surface area contributed by atoms with Crippen LogP contribution in [0.5, 0.6) is 5.75 Å². The smallest absolute Gasteiger partial charge is 0.311 e. The van der Waals surface area contributed by atoms with Gasteiger partial charge in [0.2, 0.25) is 0 Å². The summed E-state index contributed by atoms with van der Waals surface area (Å²) >= 11 is 0. The summed E-state index contributed by atoms with van der Waals surface area (Å²) < 4.78 is 12.2. The minimum Gasteiger partial charge on any atom is -0.497 e. The highest BCUT2D eigenvalue weighted by atomic mass is 16.5. The Kier molecular flexibility index (Phi) is 5.37. The molecule has 112 valence electrons. The Morgan fingerprint density at radius 1 is 1.33 bits per heavy atom. The Labute approximate surface area is 124 Å². The number of nitrogens with zero attached hydrogens (tertiary/aromatic N) is 2. The van der Waals surface area contributed by atoms with Crippen LogP contribution in [0.2, 0.25) is 0 Å². The molecule has 0 aliphatic rings. The number of hydrogen-bond acceptors (Lipinski definition) is 4. The quantitative estimate of drug-likeness (QED) is 0.733. The Morgan fingerprint density at radius 3 is 2.90 bits per heavy atom. The summed E-state index contributed by atoms with van der Waals surface area (Å²) in [5.74, 6) is 0.559. The lowest BCUT2D eigenvalue weighted by atomic mass is 10.1. The average molecular weight is 288 g/mol. The molecule has 0 amide bonds. The second-order valence-corrected chi connectivity index (χ2v) is 4.66. The van der Waals surface area contributed by atoms with Crippen molar-refractivity contribution >= 4 is 5.97 Å². The standard InChI is InChI=1S/C16H20N2O3/c1-3-18-9-7-14(17-18)12-16(19)21-10-8-13-5-4-6-15(11-13)20-2/h4-7,9,11H,3,8,10,12H2,1-2H3. The molecule has 0 bridgehead atoms. The summed E-state index contributed by atoms with van der Waals surface area (Å²) in [5.41, 5.74) is 1.82. The van der Waals surface area contributed by atoms with Crippen LogP contribution in [0.4, 0.5) is 0 Å². The van der Waals surface area contributed by atoms with Crippen molar-refractivity contribution in [2.75, 3.05) is 13.7 Å². The monoisotopic (exact) mass is 288 g/mol. The predicted molar refractivity (Wildman–Crippen MR) is 79.3 cm³/mol. The molecule has 0 radical (unpaired) electrons. The first-order valence-corrected chi connectivity index (χ1v) is 7.02. The fourth-order valence-electron chi connectivity index (χ4n) is 1.98. The van der Waals surface area contributed by atoms with Gasteiger partial charge in [-0.2, -0.15) is 5.10 Å². The van der Waals surface area contributed by atoms with E-state index in [1.165, 1.54) is 0 Å². The van der Waals surface area contributed by atoms with E-state index >= 15 is 0 Å². The van der Waals surface area contributed by atoms with Crippen molar-refractivity contribution < 1.29 is 14.3 Å². The minimum atomic E-state index is -0.251. The lowest BCUT2D eigenvalue weighted by Crippen LogP contribution is -2.11. The topological polar surface area (TPSA) is 53.4 Å². The van der Waals surface area contributed by atoms with Crippen LogP contribution < -0.4 is 4.74 Å². The molecule has 0 saturated heterocycles. The lowest BCUT2D eigenvalue weighted by Gasteiger charge is -2.06. The van der Waals surface area contributed by atoms with Crippen molar-refractivity contribution in [1.29, 1.82) is 0 Å². The maximum atomic E-state index is 11.7. The predicted octanol–water partition coefficient (Wildman–Crippen LogP) is 2.24. The number of aryl methyl sites for hydroxylation is 1. The number of ether oxygens (including phenoxy) is 2. The number of hydrogen-bond donors (Lipinski definition) is 0. The van der Waals surface area contributed by atoms with E-state index < -0.39 is 0 Å². The van der Waals surface area contributed by atoms with Crippen LogP contribution >= 0.6 is 0 Å². The Morgan fingerprint density at radius 2 is 2.19 bits per heavy atom. The van der Waals surface area contributed by atoms with Gasteiger partial charge in [0.15, 0.2) is 0 Å². The van der Waals surface area contributed by atoms with Gasteiger partial charge in [-0.1, -0.05) is 12.1 Å². The molecule has 5 heteroatoms. The van der Waals surface area contributed by atoms with Gasteiger partial charge in [0, 0.05) is 19.2 Å². The second-order valence-electron chi connectivity index (χ2n) is 4.66. The fourth-order valence-corrected chi connectivity index (χ4v) is 1.98. The lowest BCUT2D eigenvalue weighted by molar-refractivity contribution is -0.142. The third-order valence-corrected chi connectivity index (χ3v) is 3.13. The van der Waals surface area contributed by atoms with Gasteiger partial charge in [-0.3, -0.25) is 9.48 Å². The Hall–Kier alpha value is -2.30. The number of carbonyl (C=O) groups excluding carboxylic acids is 1. The molecule has 0 fully saturated rings. The molecule has 2 aromatic rings. The molecule has 1 heterocycles. The van der Waals surface area contributed by atoms with Gasteiger partial charge in [0.1, 0.15) is 5.75 Å². The van der Waals surface area contributed by atoms with E-state index in [9.17, 15) is 4.79 Å². The van der Waals surface area contributed by atoms with Gasteiger partial charge in [0.25, 0.3) is 0 Å². The highest BCUT2D eigenvalue weighted by Gasteiger charge is 2.07. The van der Waals surface area contributed by atoms with Crippen molar-refractivity contribution in [3.8, 4) is 5.75 Å². The summed E-state index contributed by atoms with van der Waals surface area (Å²) in [7, 11) is 1.63. The first-order valence-electron chi connectivity index (χ1n) is 7.02. The molecule has 0 unspecified atom stereocenters. The van der Waals surface area contributed by atoms with Crippen LogP contribution in [-0.4, -0.2) is 29.5 Å². The molecular formula is C16H20N2O3. The van der Waals surface area contributed by atoms with Gasteiger partial charge in [0.05, 0.1) is 25.8 Å². The highest BCUT2D eigenvalue weighted by Crippen LogP contribution is 2.13. The van der Waals surface area contributed by atoms with Crippen molar-refractivity contribution in [3.05, 3.63) is 47.8 Å². The zero-order valence-electron chi connectivity index (χ0n) is 12.4. The number of benzene rings is 1. The molecular weight excluding hydrogens is 268 g/mol. The van der Waals surface area contributed by atoms with Crippen LogP contribution in [0.1, 0.15) is 18.2 Å². The van der Waals surface area contributed by atoms with Crippen LogP contribution in [0.25, 0.3) is 0 Å². The van der Waals surface area contributed by atoms with Crippen molar-refractivity contribution in [2.45, 2.75) is 26.3 Å². The van der Waals surface area contributed by atoms with Crippen LogP contribution in [0.15, 0.2) is 36.5 Å². The molecule has 21 heavy (non-hydrogen) atoms. The zero-order chi connectivity index (χ0) is 15.1. The van der Waals surface area contributed by atoms with Crippen molar-refractivity contribution in [2.24, 2.45) is 0 Å². The molecule has 1 aromatic heterocycles. The first-order chi connectivity index (χ1) is 10.2. The minimum absolute atomic E-state index is 0.213. The normalized spacial score (nSPS) is 10.4. The van der Waals surface area contributed by atoms with E-state index in [0.717, 1.165) is 23.6 Å². The molecule has 0 saturated carbocycles. The summed E-state index contributed by atoms with van der Waals surface area (Å²) in [4.78, 5) is 11.7. The first kappa shape index (κ1) is 15.1. The molecule has 0 aliphatic carbocycles. The molecule has 2 rings (SSSR count). The van der Waals surface area contributed by atoms with Gasteiger partial charge < -0.3 is 9.47 Å². The molecule has 5 nitrogen and oxygen atoms in total. The Bertz CT molecular complexity index is 593. The molecule has 0 aliphatic heterocycles. The van der Waals surface area contributed by atoms with E-state index in [1.807, 2.05) is 43.5 Å².